The minimum Gasteiger partial charge on any atom is -0.494 e. The summed E-state index contributed by atoms with van der Waals surface area (Å²) in [5.74, 6) is 0.925. The highest BCUT2D eigenvalue weighted by Gasteiger charge is 2.01. The molecule has 0 N–H and O–H groups in total. The Kier molecular flexibility index (Phi) is 5.16. The van der Waals surface area contributed by atoms with E-state index in [0.29, 0.717) is 0 Å². The van der Waals surface area contributed by atoms with Gasteiger partial charge < -0.3 is 4.74 Å². The van der Waals surface area contributed by atoms with Crippen LogP contribution in [0.1, 0.15) is 6.42 Å². The Morgan fingerprint density at radius 3 is 2.53 bits per heavy atom. The minimum absolute atomic E-state index is 0.752. The molecule has 1 heterocycles. The second-order valence-corrected chi connectivity index (χ2v) is 7.11. The van der Waals surface area contributed by atoms with Crippen LogP contribution in [-0.2, 0) is 0 Å². The van der Waals surface area contributed by atoms with E-state index in [2.05, 4.69) is 28.1 Å². The fourth-order valence-electron chi connectivity index (χ4n) is 1.33. The Morgan fingerprint density at radius 1 is 1.18 bits per heavy atom. The molecule has 0 aliphatic carbocycles. The normalized spacial score (nSPS) is 10.4. The van der Waals surface area contributed by atoms with Gasteiger partial charge in [-0.3, -0.25) is 0 Å². The van der Waals surface area contributed by atoms with Gasteiger partial charge in [-0.1, -0.05) is 48.8 Å². The molecule has 0 radical (unpaired) electrons. The molecule has 1 nitrogen and oxygen atoms in total. The van der Waals surface area contributed by atoms with Gasteiger partial charge in [-0.15, -0.1) is 0 Å². The molecule has 0 unspecified atom stereocenters. The third kappa shape index (κ3) is 3.88. The van der Waals surface area contributed by atoms with Crippen LogP contribution in [0, 0.1) is 3.82 Å². The lowest BCUT2D eigenvalue weighted by molar-refractivity contribution is 0.319. The van der Waals surface area contributed by atoms with Gasteiger partial charge in [0.15, 0.2) is 0 Å². The van der Waals surface area contributed by atoms with E-state index in [1.807, 2.05) is 18.2 Å². The molecule has 2 aromatic rings. The van der Waals surface area contributed by atoms with Crippen molar-refractivity contribution < 1.29 is 4.74 Å². The van der Waals surface area contributed by atoms with Gasteiger partial charge in [0.2, 0.25) is 0 Å². The maximum atomic E-state index is 5.60. The van der Waals surface area contributed by atoms with Gasteiger partial charge in [-0.2, -0.15) is 0 Å². The van der Waals surface area contributed by atoms with Crippen molar-refractivity contribution >= 4 is 48.8 Å². The van der Waals surface area contributed by atoms with Crippen molar-refractivity contribution in [2.45, 2.75) is 6.42 Å². The highest BCUT2D eigenvalue weighted by atomic mass is 79.9. The first-order chi connectivity index (χ1) is 8.29. The quantitative estimate of drug-likeness (QED) is 0.311. The maximum Gasteiger partial charge on any atom is 0.119 e. The largest absolute Gasteiger partial charge is 0.494 e. The van der Waals surface area contributed by atoms with Crippen molar-refractivity contribution in [2.75, 3.05) is 11.9 Å². The van der Waals surface area contributed by atoms with Gasteiger partial charge in [-0.25, -0.2) is 0 Å². The van der Waals surface area contributed by atoms with Crippen LogP contribution in [0.15, 0.2) is 30.3 Å². The van der Waals surface area contributed by atoms with Gasteiger partial charge in [0.25, 0.3) is 0 Å². The summed E-state index contributed by atoms with van der Waals surface area (Å²) in [6, 6.07) is 10.2. The van der Waals surface area contributed by atoms with E-state index >= 15 is 0 Å². The Morgan fingerprint density at radius 2 is 1.94 bits per heavy atom. The molecule has 90 valence electrons. The molecule has 1 aromatic carbocycles. The summed E-state index contributed by atoms with van der Waals surface area (Å²) < 4.78 is 6.54. The number of hydrogen-bond donors (Lipinski definition) is 0. The highest BCUT2D eigenvalue weighted by Crippen LogP contribution is 2.30. The molecular weight excluding hydrogens is 336 g/mol. The van der Waals surface area contributed by atoms with Crippen LogP contribution in [0.3, 0.4) is 0 Å². The Balaban J connectivity index is 2.05. The fourth-order valence-corrected chi connectivity index (χ4v) is 3.96. The molecule has 0 bridgehead atoms. The predicted molar refractivity (Wildman–Crippen MR) is 82.4 cm³/mol. The van der Waals surface area contributed by atoms with Gasteiger partial charge in [0.05, 0.1) is 6.61 Å². The van der Waals surface area contributed by atoms with Crippen molar-refractivity contribution in [3.05, 3.63) is 34.2 Å². The zero-order valence-electron chi connectivity index (χ0n) is 9.02. The van der Waals surface area contributed by atoms with Gasteiger partial charge in [-0.05, 0) is 42.3 Å². The molecule has 0 fully saturated rings. The SMILES string of the molecule is S=c1cc(-c2ccc(OCCCBr)cc2)ss1. The van der Waals surface area contributed by atoms with Gasteiger partial charge >= 0.3 is 0 Å². The first-order valence-corrected chi connectivity index (χ1v) is 8.87. The number of rotatable bonds is 5. The molecule has 0 atom stereocenters. The second kappa shape index (κ2) is 6.64. The molecule has 5 heteroatoms. The molecule has 1 aromatic heterocycles. The van der Waals surface area contributed by atoms with Crippen LogP contribution in [-0.4, -0.2) is 11.9 Å². The van der Waals surface area contributed by atoms with E-state index in [0.717, 1.165) is 27.9 Å². The summed E-state index contributed by atoms with van der Waals surface area (Å²) in [6.45, 7) is 0.752. The summed E-state index contributed by atoms with van der Waals surface area (Å²) in [7, 11) is 3.36. The molecule has 17 heavy (non-hydrogen) atoms. The summed E-state index contributed by atoms with van der Waals surface area (Å²) in [6.07, 6.45) is 1.02. The molecule has 0 amide bonds. The Hall–Kier alpha value is -0.230. The molecular formula is C12H11BrOS3. The van der Waals surface area contributed by atoms with E-state index in [4.69, 9.17) is 17.0 Å². The summed E-state index contributed by atoms with van der Waals surface area (Å²) >= 11 is 8.51. The highest BCUT2D eigenvalue weighted by molar-refractivity contribution is 9.09. The second-order valence-electron chi connectivity index (χ2n) is 3.41. The van der Waals surface area contributed by atoms with Crippen molar-refractivity contribution in [2.24, 2.45) is 0 Å². The van der Waals surface area contributed by atoms with E-state index in [-0.39, 0.29) is 0 Å². The van der Waals surface area contributed by atoms with E-state index in [9.17, 15) is 0 Å². The lowest BCUT2D eigenvalue weighted by Gasteiger charge is -2.05. The number of benzene rings is 1. The standard InChI is InChI=1S/C12H11BrOS3/c13-6-1-7-14-10-4-2-9(3-5-10)11-8-12(15)17-16-11/h2-5,8H,1,6-7H2. The van der Waals surface area contributed by atoms with Crippen molar-refractivity contribution in [1.29, 1.82) is 0 Å². The lowest BCUT2D eigenvalue weighted by Crippen LogP contribution is -1.97. The molecule has 0 aliphatic rings. The van der Waals surface area contributed by atoms with Crippen molar-refractivity contribution in [3.8, 4) is 16.2 Å². The summed E-state index contributed by atoms with van der Waals surface area (Å²) in [5, 5.41) is 0.975. The third-order valence-corrected chi connectivity index (χ3v) is 5.62. The van der Waals surface area contributed by atoms with Crippen LogP contribution in [0.5, 0.6) is 5.75 Å². The van der Waals surface area contributed by atoms with E-state index in [1.165, 1.54) is 10.4 Å². The molecule has 0 saturated carbocycles. The van der Waals surface area contributed by atoms with Crippen LogP contribution < -0.4 is 4.74 Å². The van der Waals surface area contributed by atoms with E-state index < -0.39 is 0 Å². The summed E-state index contributed by atoms with van der Waals surface area (Å²) in [5.41, 5.74) is 1.20. The first-order valence-electron chi connectivity index (χ1n) is 5.19. The number of hydrogen-bond acceptors (Lipinski definition) is 4. The number of halogens is 1. The number of ether oxygens (including phenoxy) is 1. The molecule has 2 rings (SSSR count). The Labute approximate surface area is 122 Å². The summed E-state index contributed by atoms with van der Waals surface area (Å²) in [4.78, 5) is 1.23. The molecule has 0 saturated heterocycles. The predicted octanol–water partition coefficient (Wildman–Crippen LogP) is 5.37. The van der Waals surface area contributed by atoms with Crippen molar-refractivity contribution in [1.82, 2.24) is 0 Å². The van der Waals surface area contributed by atoms with Crippen LogP contribution in [0.4, 0.5) is 0 Å². The van der Waals surface area contributed by atoms with Crippen LogP contribution >= 0.6 is 48.8 Å². The fraction of sp³-hybridized carbons (Fsp3) is 0.250. The first kappa shape index (κ1) is 13.2. The Bertz CT molecular complexity index is 515. The number of alkyl halides is 1. The van der Waals surface area contributed by atoms with Gasteiger partial charge in [0.1, 0.15) is 9.57 Å². The zero-order valence-corrected chi connectivity index (χ0v) is 13.1. The molecule has 0 spiro atoms. The average molecular weight is 347 g/mol. The van der Waals surface area contributed by atoms with Crippen LogP contribution in [0.2, 0.25) is 0 Å². The van der Waals surface area contributed by atoms with E-state index in [1.54, 1.807) is 20.7 Å². The van der Waals surface area contributed by atoms with Crippen LogP contribution in [0.25, 0.3) is 10.4 Å². The average Bonchev–Trinajstić information content (AvgIpc) is 2.77. The maximum absolute atomic E-state index is 5.60. The zero-order chi connectivity index (χ0) is 12.1. The smallest absolute Gasteiger partial charge is 0.119 e. The van der Waals surface area contributed by atoms with Gasteiger partial charge in [0, 0.05) is 10.2 Å². The topological polar surface area (TPSA) is 9.23 Å². The monoisotopic (exact) mass is 346 g/mol. The lowest BCUT2D eigenvalue weighted by atomic mass is 10.2. The minimum atomic E-state index is 0.752. The molecule has 0 aliphatic heterocycles. The third-order valence-electron chi connectivity index (χ3n) is 2.15. The van der Waals surface area contributed by atoms with Crippen molar-refractivity contribution in [3.63, 3.8) is 0 Å².